The van der Waals surface area contributed by atoms with Gasteiger partial charge >= 0.3 is 0 Å². The molecule has 0 amide bonds. The van der Waals surface area contributed by atoms with Crippen molar-refractivity contribution in [2.75, 3.05) is 7.05 Å². The molecule has 2 aromatic rings. The van der Waals surface area contributed by atoms with E-state index in [1.165, 1.54) is 41.0 Å². The van der Waals surface area contributed by atoms with E-state index < -0.39 is 10.0 Å². The summed E-state index contributed by atoms with van der Waals surface area (Å²) in [5.74, 6) is 0. The lowest BCUT2D eigenvalue weighted by Crippen LogP contribution is -2.26. The Morgan fingerprint density at radius 3 is 2.58 bits per heavy atom. The Kier molecular flexibility index (Phi) is 4.19. The lowest BCUT2D eigenvalue weighted by Gasteiger charge is -2.15. The summed E-state index contributed by atoms with van der Waals surface area (Å²) in [6.45, 7) is 2.17. The Bertz CT molecular complexity index is 668. The molecule has 0 unspecified atom stereocenters. The maximum absolute atomic E-state index is 12.3. The van der Waals surface area contributed by atoms with Crippen LogP contribution in [0.25, 0.3) is 0 Å². The second-order valence-corrected chi connectivity index (χ2v) is 7.67. The number of halogens is 1. The Labute approximate surface area is 120 Å². The third kappa shape index (κ3) is 3.30. The zero-order chi connectivity index (χ0) is 14.0. The Balaban J connectivity index is 2.21. The van der Waals surface area contributed by atoms with Gasteiger partial charge in [-0.05, 0) is 19.1 Å². The van der Waals surface area contributed by atoms with Gasteiger partial charge in [-0.2, -0.15) is 4.31 Å². The number of sulfonamides is 1. The van der Waals surface area contributed by atoms with Gasteiger partial charge in [0.05, 0.1) is 5.01 Å². The van der Waals surface area contributed by atoms with Crippen molar-refractivity contribution in [3.63, 3.8) is 0 Å². The van der Waals surface area contributed by atoms with Crippen molar-refractivity contribution in [3.05, 3.63) is 39.6 Å². The van der Waals surface area contributed by atoms with Crippen molar-refractivity contribution >= 4 is 33.0 Å². The lowest BCUT2D eigenvalue weighted by atomic mass is 10.5. The molecule has 0 atom stereocenters. The van der Waals surface area contributed by atoms with Crippen LogP contribution < -0.4 is 0 Å². The second-order valence-electron chi connectivity index (χ2n) is 3.92. The van der Waals surface area contributed by atoms with Crippen molar-refractivity contribution in [2.45, 2.75) is 18.4 Å². The molecule has 19 heavy (non-hydrogen) atoms. The van der Waals surface area contributed by atoms with Gasteiger partial charge in [-0.1, -0.05) is 11.6 Å². The van der Waals surface area contributed by atoms with Crippen LogP contribution in [0.3, 0.4) is 0 Å². The average molecular weight is 318 g/mol. The van der Waals surface area contributed by atoms with Gasteiger partial charge in [-0.3, -0.25) is 0 Å². The highest BCUT2D eigenvalue weighted by Gasteiger charge is 2.21. The van der Waals surface area contributed by atoms with Crippen LogP contribution >= 0.6 is 22.9 Å². The fraction of sp³-hybridized carbons (Fsp3) is 0.273. The molecule has 102 valence electrons. The first-order valence-electron chi connectivity index (χ1n) is 5.39. The van der Waals surface area contributed by atoms with Crippen LogP contribution in [0.1, 0.15) is 9.88 Å². The molecule has 0 bridgehead atoms. The lowest BCUT2D eigenvalue weighted by molar-refractivity contribution is 0.469. The summed E-state index contributed by atoms with van der Waals surface area (Å²) >= 11 is 7.12. The summed E-state index contributed by atoms with van der Waals surface area (Å²) in [6, 6.07) is 2.90. The number of aromatic nitrogens is 2. The SMILES string of the molecule is Cc1ncc(CN(C)S(=O)(=O)c2ccc(Cl)nc2)s1. The summed E-state index contributed by atoms with van der Waals surface area (Å²) in [6.07, 6.45) is 2.94. The molecule has 2 heterocycles. The molecule has 8 heteroatoms. The summed E-state index contributed by atoms with van der Waals surface area (Å²) in [5, 5.41) is 1.17. The van der Waals surface area contributed by atoms with Crippen LogP contribution in [-0.2, 0) is 16.6 Å². The number of aryl methyl sites for hydroxylation is 1. The van der Waals surface area contributed by atoms with E-state index in [2.05, 4.69) is 9.97 Å². The summed E-state index contributed by atoms with van der Waals surface area (Å²) < 4.78 is 25.8. The molecule has 0 aliphatic heterocycles. The summed E-state index contributed by atoms with van der Waals surface area (Å²) in [7, 11) is -2.03. The molecule has 0 aromatic carbocycles. The second kappa shape index (κ2) is 5.54. The normalized spacial score (nSPS) is 12.0. The molecular weight excluding hydrogens is 306 g/mol. The molecule has 2 rings (SSSR count). The zero-order valence-corrected chi connectivity index (χ0v) is 12.8. The number of nitrogens with zero attached hydrogens (tertiary/aromatic N) is 3. The van der Waals surface area contributed by atoms with Crippen molar-refractivity contribution < 1.29 is 8.42 Å². The average Bonchev–Trinajstić information content (AvgIpc) is 2.75. The molecule has 5 nitrogen and oxygen atoms in total. The van der Waals surface area contributed by atoms with Crippen LogP contribution in [-0.4, -0.2) is 29.7 Å². The molecule has 0 fully saturated rings. The van der Waals surface area contributed by atoms with E-state index in [0.29, 0.717) is 0 Å². The van der Waals surface area contributed by atoms with E-state index in [9.17, 15) is 8.42 Å². The molecule has 0 saturated carbocycles. The third-order valence-electron chi connectivity index (χ3n) is 2.46. The van der Waals surface area contributed by atoms with E-state index in [-0.39, 0.29) is 16.6 Å². The van der Waals surface area contributed by atoms with Gasteiger partial charge in [0.25, 0.3) is 0 Å². The van der Waals surface area contributed by atoms with Gasteiger partial charge in [0.2, 0.25) is 10.0 Å². The largest absolute Gasteiger partial charge is 0.250 e. The van der Waals surface area contributed by atoms with Crippen LogP contribution in [0.4, 0.5) is 0 Å². The van der Waals surface area contributed by atoms with Gasteiger partial charge < -0.3 is 0 Å². The van der Waals surface area contributed by atoms with Crippen LogP contribution in [0.15, 0.2) is 29.4 Å². The van der Waals surface area contributed by atoms with Crippen molar-refractivity contribution in [2.24, 2.45) is 0 Å². The zero-order valence-electron chi connectivity index (χ0n) is 10.4. The first kappa shape index (κ1) is 14.4. The van der Waals surface area contributed by atoms with Crippen molar-refractivity contribution in [1.29, 1.82) is 0 Å². The topological polar surface area (TPSA) is 63.2 Å². The van der Waals surface area contributed by atoms with E-state index in [1.54, 1.807) is 6.20 Å². The highest BCUT2D eigenvalue weighted by atomic mass is 35.5. The molecule has 0 radical (unpaired) electrons. The molecular formula is C11H12ClN3O2S2. The predicted octanol–water partition coefficient (Wildman–Crippen LogP) is 2.32. The maximum Gasteiger partial charge on any atom is 0.244 e. The molecule has 0 aliphatic carbocycles. The standard InChI is InChI=1S/C11H12ClN3O2S2/c1-8-13-5-9(18-8)7-15(2)19(16,17)10-3-4-11(12)14-6-10/h3-6H,7H2,1-2H3. The van der Waals surface area contributed by atoms with E-state index >= 15 is 0 Å². The maximum atomic E-state index is 12.3. The van der Waals surface area contributed by atoms with Crippen molar-refractivity contribution in [3.8, 4) is 0 Å². The van der Waals surface area contributed by atoms with E-state index in [0.717, 1.165) is 9.88 Å². The van der Waals surface area contributed by atoms with E-state index in [4.69, 9.17) is 11.6 Å². The van der Waals surface area contributed by atoms with E-state index in [1.807, 2.05) is 6.92 Å². The monoisotopic (exact) mass is 317 g/mol. The molecule has 0 spiro atoms. The van der Waals surface area contributed by atoms with Gasteiger partial charge in [0.15, 0.2) is 0 Å². The highest BCUT2D eigenvalue weighted by molar-refractivity contribution is 7.89. The third-order valence-corrected chi connectivity index (χ3v) is 5.36. The predicted molar refractivity (Wildman–Crippen MR) is 74.8 cm³/mol. The first-order chi connectivity index (χ1) is 8.89. The Morgan fingerprint density at radius 2 is 2.05 bits per heavy atom. The number of thiazole rings is 1. The van der Waals surface area contributed by atoms with Gasteiger partial charge in [-0.15, -0.1) is 11.3 Å². The number of rotatable bonds is 4. The summed E-state index contributed by atoms with van der Waals surface area (Å²) in [4.78, 5) is 8.91. The number of pyridine rings is 1. The first-order valence-corrected chi connectivity index (χ1v) is 8.02. The van der Waals surface area contributed by atoms with Crippen LogP contribution in [0.2, 0.25) is 5.15 Å². The summed E-state index contributed by atoms with van der Waals surface area (Å²) in [5.41, 5.74) is 0. The minimum absolute atomic E-state index is 0.126. The van der Waals surface area contributed by atoms with Gasteiger partial charge in [0, 0.05) is 30.9 Å². The van der Waals surface area contributed by atoms with Gasteiger partial charge in [0.1, 0.15) is 10.0 Å². The van der Waals surface area contributed by atoms with Gasteiger partial charge in [-0.25, -0.2) is 18.4 Å². The van der Waals surface area contributed by atoms with Crippen molar-refractivity contribution in [1.82, 2.24) is 14.3 Å². The fourth-order valence-corrected chi connectivity index (χ4v) is 3.61. The smallest absolute Gasteiger partial charge is 0.244 e. The number of hydrogen-bond acceptors (Lipinski definition) is 5. The fourth-order valence-electron chi connectivity index (χ4n) is 1.48. The number of hydrogen-bond donors (Lipinski definition) is 0. The molecule has 0 N–H and O–H groups in total. The molecule has 0 aliphatic rings. The minimum Gasteiger partial charge on any atom is -0.250 e. The quantitative estimate of drug-likeness (QED) is 0.812. The minimum atomic E-state index is -3.55. The van der Waals surface area contributed by atoms with Crippen LogP contribution in [0.5, 0.6) is 0 Å². The van der Waals surface area contributed by atoms with Crippen LogP contribution in [0, 0.1) is 6.92 Å². The Morgan fingerprint density at radius 1 is 1.32 bits per heavy atom. The molecule has 0 saturated heterocycles. The molecule has 2 aromatic heterocycles. The highest BCUT2D eigenvalue weighted by Crippen LogP contribution is 2.19. The Hall–Kier alpha value is -1.02.